The number of nitrogens with one attached hydrogen (secondary N) is 1. The van der Waals surface area contributed by atoms with E-state index in [-0.39, 0.29) is 6.04 Å². The summed E-state index contributed by atoms with van der Waals surface area (Å²) in [7, 11) is 0. The number of aromatic carboxylic acids is 1. The van der Waals surface area contributed by atoms with E-state index in [4.69, 9.17) is 4.74 Å². The molecule has 20 heavy (non-hydrogen) atoms. The third kappa shape index (κ3) is 2.88. The second-order valence-corrected chi connectivity index (χ2v) is 5.47. The van der Waals surface area contributed by atoms with Gasteiger partial charge in [0.05, 0.1) is 12.0 Å². The van der Waals surface area contributed by atoms with Crippen molar-refractivity contribution in [2.75, 3.05) is 18.5 Å². The van der Waals surface area contributed by atoms with E-state index in [1.165, 1.54) is 17.7 Å². The van der Waals surface area contributed by atoms with E-state index in [1.807, 2.05) is 13.8 Å². The van der Waals surface area contributed by atoms with Crippen LogP contribution in [0.3, 0.4) is 0 Å². The van der Waals surface area contributed by atoms with Crippen molar-refractivity contribution in [1.82, 2.24) is 9.97 Å². The predicted molar refractivity (Wildman–Crippen MR) is 78.7 cm³/mol. The minimum Gasteiger partial charge on any atom is -0.477 e. The Morgan fingerprint density at radius 3 is 2.95 bits per heavy atom. The van der Waals surface area contributed by atoms with Crippen molar-refractivity contribution in [3.8, 4) is 0 Å². The van der Waals surface area contributed by atoms with Crippen molar-refractivity contribution < 1.29 is 14.6 Å². The van der Waals surface area contributed by atoms with Gasteiger partial charge >= 0.3 is 5.97 Å². The van der Waals surface area contributed by atoms with E-state index >= 15 is 0 Å². The van der Waals surface area contributed by atoms with Crippen LogP contribution in [0.25, 0.3) is 10.2 Å². The van der Waals surface area contributed by atoms with Gasteiger partial charge in [0, 0.05) is 12.6 Å². The lowest BCUT2D eigenvalue weighted by atomic mass is 10.2. The summed E-state index contributed by atoms with van der Waals surface area (Å²) in [5.41, 5.74) is 0.698. The van der Waals surface area contributed by atoms with Gasteiger partial charge < -0.3 is 15.2 Å². The fourth-order valence-electron chi connectivity index (χ4n) is 1.95. The summed E-state index contributed by atoms with van der Waals surface area (Å²) in [4.78, 5) is 20.5. The Kier molecular flexibility index (Phi) is 4.51. The van der Waals surface area contributed by atoms with Crippen LogP contribution in [0.1, 0.15) is 29.1 Å². The maximum Gasteiger partial charge on any atom is 0.346 e. The quantitative estimate of drug-likeness (QED) is 0.852. The molecule has 0 spiro atoms. The van der Waals surface area contributed by atoms with Crippen LogP contribution in [0.5, 0.6) is 0 Å². The standard InChI is InChI=1S/C13H17N3O3S/c1-4-19-5-7(2)16-11-9-8(3)10(13(17)18)20-12(9)15-6-14-11/h6-7H,4-5H2,1-3H3,(H,17,18)(H,14,15,16). The highest BCUT2D eigenvalue weighted by Gasteiger charge is 2.19. The van der Waals surface area contributed by atoms with E-state index in [1.54, 1.807) is 6.92 Å². The number of fused-ring (bicyclic) bond motifs is 1. The molecule has 0 aliphatic heterocycles. The maximum absolute atomic E-state index is 11.2. The number of carboxylic acid groups (broad SMARTS) is 1. The van der Waals surface area contributed by atoms with E-state index in [0.717, 1.165) is 5.39 Å². The summed E-state index contributed by atoms with van der Waals surface area (Å²) in [6.07, 6.45) is 1.44. The molecule has 2 heterocycles. The fourth-order valence-corrected chi connectivity index (χ4v) is 2.94. The minimum atomic E-state index is -0.932. The molecule has 108 valence electrons. The highest BCUT2D eigenvalue weighted by atomic mass is 32.1. The molecule has 0 amide bonds. The smallest absolute Gasteiger partial charge is 0.346 e. The van der Waals surface area contributed by atoms with Crippen molar-refractivity contribution in [1.29, 1.82) is 0 Å². The first-order chi connectivity index (χ1) is 9.54. The molecule has 2 rings (SSSR count). The number of rotatable bonds is 6. The number of nitrogens with zero attached hydrogens (tertiary/aromatic N) is 2. The lowest BCUT2D eigenvalue weighted by Gasteiger charge is -2.14. The Morgan fingerprint density at radius 1 is 1.55 bits per heavy atom. The summed E-state index contributed by atoms with van der Waals surface area (Å²) in [6, 6.07) is 0.0839. The molecule has 1 unspecified atom stereocenters. The molecule has 0 radical (unpaired) electrons. The second-order valence-electron chi connectivity index (χ2n) is 4.47. The lowest BCUT2D eigenvalue weighted by molar-refractivity contribution is 0.0701. The first kappa shape index (κ1) is 14.7. The molecule has 2 N–H and O–H groups in total. The normalized spacial score (nSPS) is 12.6. The Morgan fingerprint density at radius 2 is 2.30 bits per heavy atom. The molecule has 0 saturated carbocycles. The molecule has 7 heteroatoms. The Hall–Kier alpha value is -1.73. The predicted octanol–water partition coefficient (Wildman–Crippen LogP) is 2.53. The summed E-state index contributed by atoms with van der Waals surface area (Å²) < 4.78 is 5.36. The zero-order valence-corrected chi connectivity index (χ0v) is 12.5. The van der Waals surface area contributed by atoms with Gasteiger partial charge in [0.2, 0.25) is 0 Å². The van der Waals surface area contributed by atoms with Crippen LogP contribution in [0.2, 0.25) is 0 Å². The minimum absolute atomic E-state index is 0.0839. The zero-order valence-electron chi connectivity index (χ0n) is 11.6. The molecule has 2 aromatic heterocycles. The van der Waals surface area contributed by atoms with Gasteiger partial charge in [-0.05, 0) is 26.3 Å². The molecule has 2 aromatic rings. The third-order valence-electron chi connectivity index (χ3n) is 2.88. The zero-order chi connectivity index (χ0) is 14.7. The first-order valence-corrected chi connectivity index (χ1v) is 7.17. The van der Waals surface area contributed by atoms with Crippen LogP contribution in [-0.4, -0.2) is 40.3 Å². The third-order valence-corrected chi connectivity index (χ3v) is 4.06. The molecule has 0 aromatic carbocycles. The van der Waals surface area contributed by atoms with Crippen molar-refractivity contribution in [2.24, 2.45) is 0 Å². The number of aromatic nitrogens is 2. The van der Waals surface area contributed by atoms with Crippen LogP contribution in [0, 0.1) is 6.92 Å². The molecule has 0 fully saturated rings. The summed E-state index contributed by atoms with van der Waals surface area (Å²) in [5.74, 6) is -0.276. The highest BCUT2D eigenvalue weighted by Crippen LogP contribution is 2.33. The van der Waals surface area contributed by atoms with Gasteiger partial charge in [-0.3, -0.25) is 0 Å². The van der Waals surface area contributed by atoms with Crippen molar-refractivity contribution in [3.05, 3.63) is 16.8 Å². The summed E-state index contributed by atoms with van der Waals surface area (Å²) in [6.45, 7) is 6.94. The van der Waals surface area contributed by atoms with E-state index in [2.05, 4.69) is 15.3 Å². The second kappa shape index (κ2) is 6.15. The van der Waals surface area contributed by atoms with Gasteiger partial charge in [-0.25, -0.2) is 14.8 Å². The number of hydrogen-bond acceptors (Lipinski definition) is 6. The summed E-state index contributed by atoms with van der Waals surface area (Å²) >= 11 is 1.17. The molecule has 0 aliphatic rings. The monoisotopic (exact) mass is 295 g/mol. The topological polar surface area (TPSA) is 84.3 Å². The first-order valence-electron chi connectivity index (χ1n) is 6.36. The van der Waals surface area contributed by atoms with Crippen LogP contribution in [0.15, 0.2) is 6.33 Å². The number of thiophene rings is 1. The van der Waals surface area contributed by atoms with Crippen LogP contribution in [-0.2, 0) is 4.74 Å². The Bertz CT molecular complexity index is 627. The van der Waals surface area contributed by atoms with Crippen molar-refractivity contribution in [3.63, 3.8) is 0 Å². The Labute approximate surface area is 120 Å². The molecule has 0 saturated heterocycles. The molecule has 0 aliphatic carbocycles. The lowest BCUT2D eigenvalue weighted by Crippen LogP contribution is -2.22. The number of anilines is 1. The van der Waals surface area contributed by atoms with E-state index in [9.17, 15) is 9.90 Å². The Balaban J connectivity index is 2.36. The van der Waals surface area contributed by atoms with Gasteiger partial charge in [-0.2, -0.15) is 0 Å². The maximum atomic E-state index is 11.2. The number of hydrogen-bond donors (Lipinski definition) is 2. The van der Waals surface area contributed by atoms with Crippen LogP contribution in [0.4, 0.5) is 5.82 Å². The number of carbonyl (C=O) groups is 1. The number of ether oxygens (including phenoxy) is 1. The average molecular weight is 295 g/mol. The van der Waals surface area contributed by atoms with Gasteiger partial charge in [0.25, 0.3) is 0 Å². The van der Waals surface area contributed by atoms with Crippen molar-refractivity contribution in [2.45, 2.75) is 26.8 Å². The molecule has 6 nitrogen and oxygen atoms in total. The van der Waals surface area contributed by atoms with Crippen molar-refractivity contribution >= 4 is 33.3 Å². The van der Waals surface area contributed by atoms with Gasteiger partial charge in [0.15, 0.2) is 0 Å². The SMILES string of the molecule is CCOCC(C)Nc1ncnc2sc(C(=O)O)c(C)c12. The number of carboxylic acids is 1. The van der Waals surface area contributed by atoms with E-state index in [0.29, 0.717) is 34.3 Å². The van der Waals surface area contributed by atoms with Gasteiger partial charge in [0.1, 0.15) is 21.9 Å². The molecule has 0 bridgehead atoms. The van der Waals surface area contributed by atoms with Gasteiger partial charge in [-0.1, -0.05) is 0 Å². The van der Waals surface area contributed by atoms with E-state index < -0.39 is 5.97 Å². The fraction of sp³-hybridized carbons (Fsp3) is 0.462. The molecule has 1 atom stereocenters. The largest absolute Gasteiger partial charge is 0.477 e. The highest BCUT2D eigenvalue weighted by molar-refractivity contribution is 7.20. The van der Waals surface area contributed by atoms with Gasteiger partial charge in [-0.15, -0.1) is 11.3 Å². The van der Waals surface area contributed by atoms with Crippen LogP contribution < -0.4 is 5.32 Å². The average Bonchev–Trinajstić information content (AvgIpc) is 2.75. The van der Waals surface area contributed by atoms with Crippen LogP contribution >= 0.6 is 11.3 Å². The molecular weight excluding hydrogens is 278 g/mol. The number of aryl methyl sites for hydroxylation is 1. The molecular formula is C13H17N3O3S. The summed E-state index contributed by atoms with van der Waals surface area (Å²) in [5, 5.41) is 13.2.